The summed E-state index contributed by atoms with van der Waals surface area (Å²) >= 11 is 0. The zero-order chi connectivity index (χ0) is 11.1. The van der Waals surface area contributed by atoms with Gasteiger partial charge in [0.25, 0.3) is 0 Å². The number of nitrogens with zero attached hydrogens (tertiary/aromatic N) is 1. The van der Waals surface area contributed by atoms with Crippen molar-refractivity contribution in [1.82, 2.24) is 4.98 Å². The van der Waals surface area contributed by atoms with E-state index >= 15 is 0 Å². The predicted octanol–water partition coefficient (Wildman–Crippen LogP) is 0.732. The Hall–Kier alpha value is -1.13. The Bertz CT molecular complexity index is 292. The molecule has 1 heterocycles. The Morgan fingerprint density at radius 1 is 1.60 bits per heavy atom. The molecule has 1 atom stereocenters. The van der Waals surface area contributed by atoms with Crippen LogP contribution in [-0.4, -0.2) is 29.3 Å². The lowest BCUT2D eigenvalue weighted by Gasteiger charge is -2.12. The van der Waals surface area contributed by atoms with Gasteiger partial charge in [-0.1, -0.05) is 13.0 Å². The number of nitrogens with two attached hydrogens (primary N) is 1. The molecule has 1 unspecified atom stereocenters. The number of pyridine rings is 1. The number of ether oxygens (including phenoxy) is 1. The molecule has 0 amide bonds. The summed E-state index contributed by atoms with van der Waals surface area (Å²) in [5, 5.41) is 8.88. The molecule has 3 N–H and O–H groups in total. The van der Waals surface area contributed by atoms with Crippen molar-refractivity contribution in [3.05, 3.63) is 23.9 Å². The van der Waals surface area contributed by atoms with Crippen LogP contribution in [0.3, 0.4) is 0 Å². The first-order chi connectivity index (χ1) is 7.27. The summed E-state index contributed by atoms with van der Waals surface area (Å²) < 4.78 is 5.48. The van der Waals surface area contributed by atoms with Gasteiger partial charge < -0.3 is 15.6 Å². The highest BCUT2D eigenvalue weighted by Gasteiger charge is 2.08. The molecule has 1 aromatic rings. The molecule has 0 saturated heterocycles. The fourth-order valence-electron chi connectivity index (χ4n) is 1.26. The van der Waals surface area contributed by atoms with Crippen LogP contribution in [0.25, 0.3) is 0 Å². The molecule has 0 spiro atoms. The first-order valence-corrected chi connectivity index (χ1v) is 5.21. The number of aliphatic hydroxyl groups excluding tert-OH is 1. The van der Waals surface area contributed by atoms with E-state index in [4.69, 9.17) is 15.6 Å². The molecule has 15 heavy (non-hydrogen) atoms. The van der Waals surface area contributed by atoms with Gasteiger partial charge >= 0.3 is 0 Å². The second-order valence-corrected chi connectivity index (χ2v) is 3.46. The van der Waals surface area contributed by atoms with Crippen molar-refractivity contribution in [2.45, 2.75) is 25.8 Å². The van der Waals surface area contributed by atoms with Crippen LogP contribution >= 0.6 is 0 Å². The van der Waals surface area contributed by atoms with Gasteiger partial charge in [-0.3, -0.25) is 0 Å². The third kappa shape index (κ3) is 3.85. The topological polar surface area (TPSA) is 68.4 Å². The van der Waals surface area contributed by atoms with Crippen LogP contribution in [-0.2, 0) is 6.42 Å². The molecular weight excluding hydrogens is 192 g/mol. The van der Waals surface area contributed by atoms with Crippen LogP contribution in [0.5, 0.6) is 5.88 Å². The lowest BCUT2D eigenvalue weighted by atomic mass is 10.1. The van der Waals surface area contributed by atoms with Crippen molar-refractivity contribution in [1.29, 1.82) is 0 Å². The largest absolute Gasteiger partial charge is 0.477 e. The van der Waals surface area contributed by atoms with Crippen LogP contribution < -0.4 is 10.5 Å². The average molecular weight is 210 g/mol. The molecule has 0 radical (unpaired) electrons. The molecule has 0 fully saturated rings. The molecule has 84 valence electrons. The molecule has 0 aliphatic rings. The Morgan fingerprint density at radius 3 is 3.07 bits per heavy atom. The first-order valence-electron chi connectivity index (χ1n) is 5.21. The van der Waals surface area contributed by atoms with E-state index in [0.29, 0.717) is 18.9 Å². The highest BCUT2D eigenvalue weighted by molar-refractivity contribution is 5.26. The van der Waals surface area contributed by atoms with Crippen molar-refractivity contribution in [2.24, 2.45) is 5.73 Å². The maximum atomic E-state index is 8.88. The van der Waals surface area contributed by atoms with Gasteiger partial charge in [-0.15, -0.1) is 0 Å². The highest BCUT2D eigenvalue weighted by Crippen LogP contribution is 2.15. The van der Waals surface area contributed by atoms with Crippen LogP contribution in [0.4, 0.5) is 0 Å². The van der Waals surface area contributed by atoms with Gasteiger partial charge in [0.1, 0.15) is 0 Å². The standard InChI is InChI=1S/C11H18N2O2/c1-2-6-15-11-9(4-3-5-13-11)7-10(12)8-14/h3-5,10,14H,2,6-8,12H2,1H3. The zero-order valence-electron chi connectivity index (χ0n) is 9.02. The minimum atomic E-state index is -0.252. The minimum absolute atomic E-state index is 0.0257. The maximum absolute atomic E-state index is 8.88. The van der Waals surface area contributed by atoms with Gasteiger partial charge in [-0.05, 0) is 18.9 Å². The molecule has 0 aliphatic carbocycles. The monoisotopic (exact) mass is 210 g/mol. The highest BCUT2D eigenvalue weighted by atomic mass is 16.5. The number of hydrogen-bond acceptors (Lipinski definition) is 4. The first kappa shape index (κ1) is 11.9. The molecule has 1 aromatic heterocycles. The molecule has 4 heteroatoms. The maximum Gasteiger partial charge on any atom is 0.216 e. The third-order valence-electron chi connectivity index (χ3n) is 2.01. The summed E-state index contributed by atoms with van der Waals surface area (Å²) in [6.45, 7) is 2.67. The van der Waals surface area contributed by atoms with E-state index in [-0.39, 0.29) is 12.6 Å². The van der Waals surface area contributed by atoms with Crippen molar-refractivity contribution >= 4 is 0 Å². The second-order valence-electron chi connectivity index (χ2n) is 3.46. The second kappa shape index (κ2) is 6.37. The van der Waals surface area contributed by atoms with Gasteiger partial charge in [0.2, 0.25) is 5.88 Å². The molecule has 0 saturated carbocycles. The molecular formula is C11H18N2O2. The quantitative estimate of drug-likeness (QED) is 0.726. The number of aromatic nitrogens is 1. The Kier molecular flexibility index (Phi) is 5.07. The van der Waals surface area contributed by atoms with Crippen molar-refractivity contribution in [3.8, 4) is 5.88 Å². The van der Waals surface area contributed by atoms with E-state index in [1.54, 1.807) is 6.20 Å². The molecule has 0 aliphatic heterocycles. The Labute approximate surface area is 90.1 Å². The molecule has 1 rings (SSSR count). The van der Waals surface area contributed by atoms with Crippen LogP contribution in [0.1, 0.15) is 18.9 Å². The van der Waals surface area contributed by atoms with E-state index in [1.165, 1.54) is 0 Å². The fourth-order valence-corrected chi connectivity index (χ4v) is 1.26. The molecule has 0 bridgehead atoms. The molecule has 4 nitrogen and oxygen atoms in total. The third-order valence-corrected chi connectivity index (χ3v) is 2.01. The van der Waals surface area contributed by atoms with Gasteiger partial charge in [-0.2, -0.15) is 0 Å². The number of hydrogen-bond donors (Lipinski definition) is 2. The Morgan fingerprint density at radius 2 is 2.40 bits per heavy atom. The van der Waals surface area contributed by atoms with E-state index in [9.17, 15) is 0 Å². The summed E-state index contributed by atoms with van der Waals surface area (Å²) in [6, 6.07) is 3.52. The summed E-state index contributed by atoms with van der Waals surface area (Å²) in [4.78, 5) is 4.14. The SMILES string of the molecule is CCCOc1ncccc1CC(N)CO. The van der Waals surface area contributed by atoms with E-state index in [1.807, 2.05) is 19.1 Å². The summed E-state index contributed by atoms with van der Waals surface area (Å²) in [6.07, 6.45) is 3.23. The normalized spacial score (nSPS) is 12.5. The van der Waals surface area contributed by atoms with Crippen LogP contribution in [0.2, 0.25) is 0 Å². The Balaban J connectivity index is 2.67. The van der Waals surface area contributed by atoms with Crippen molar-refractivity contribution < 1.29 is 9.84 Å². The summed E-state index contributed by atoms with van der Waals surface area (Å²) in [5.41, 5.74) is 6.62. The van der Waals surface area contributed by atoms with E-state index in [0.717, 1.165) is 12.0 Å². The lowest BCUT2D eigenvalue weighted by molar-refractivity contribution is 0.261. The van der Waals surface area contributed by atoms with Crippen LogP contribution in [0, 0.1) is 0 Å². The van der Waals surface area contributed by atoms with E-state index < -0.39 is 0 Å². The average Bonchev–Trinajstić information content (AvgIpc) is 2.28. The smallest absolute Gasteiger partial charge is 0.216 e. The van der Waals surface area contributed by atoms with Gasteiger partial charge in [0.05, 0.1) is 13.2 Å². The van der Waals surface area contributed by atoms with Crippen molar-refractivity contribution in [2.75, 3.05) is 13.2 Å². The zero-order valence-corrected chi connectivity index (χ0v) is 9.02. The summed E-state index contributed by atoms with van der Waals surface area (Å²) in [5.74, 6) is 0.628. The minimum Gasteiger partial charge on any atom is -0.477 e. The number of rotatable bonds is 6. The van der Waals surface area contributed by atoms with Gasteiger partial charge in [-0.25, -0.2) is 4.98 Å². The van der Waals surface area contributed by atoms with Gasteiger partial charge in [0.15, 0.2) is 0 Å². The van der Waals surface area contributed by atoms with Crippen LogP contribution in [0.15, 0.2) is 18.3 Å². The fraction of sp³-hybridized carbons (Fsp3) is 0.545. The molecule has 0 aromatic carbocycles. The van der Waals surface area contributed by atoms with Gasteiger partial charge in [0, 0.05) is 17.8 Å². The van der Waals surface area contributed by atoms with Crippen molar-refractivity contribution in [3.63, 3.8) is 0 Å². The van der Waals surface area contributed by atoms with E-state index in [2.05, 4.69) is 4.98 Å². The number of aliphatic hydroxyl groups is 1. The lowest BCUT2D eigenvalue weighted by Crippen LogP contribution is -2.27. The predicted molar refractivity (Wildman–Crippen MR) is 58.8 cm³/mol. The summed E-state index contributed by atoms with van der Waals surface area (Å²) in [7, 11) is 0.